The number of rotatable bonds is 3. The van der Waals surface area contributed by atoms with Gasteiger partial charge >= 0.3 is 5.97 Å². The largest absolute Gasteiger partial charge is 0.465 e. The number of anilines is 1. The van der Waals surface area contributed by atoms with Crippen LogP contribution in [0.2, 0.25) is 0 Å². The number of carbonyl (C=O) groups excluding carboxylic acids is 2. The highest BCUT2D eigenvalue weighted by molar-refractivity contribution is 6.05. The van der Waals surface area contributed by atoms with Crippen molar-refractivity contribution >= 4 is 17.7 Å². The van der Waals surface area contributed by atoms with E-state index in [0.717, 1.165) is 0 Å². The number of nitrogens with one attached hydrogen (secondary N) is 2. The molecular weight excluding hydrogens is 274 g/mol. The maximum absolute atomic E-state index is 12.1. The minimum Gasteiger partial charge on any atom is -0.465 e. The van der Waals surface area contributed by atoms with Gasteiger partial charge in [-0.2, -0.15) is 0 Å². The molecule has 0 aliphatic rings. The van der Waals surface area contributed by atoms with Crippen molar-refractivity contribution in [2.45, 2.75) is 6.92 Å². The van der Waals surface area contributed by atoms with E-state index in [4.69, 9.17) is 0 Å². The summed E-state index contributed by atoms with van der Waals surface area (Å²) in [6.45, 7) is 1.61. The molecule has 0 fully saturated rings. The SMILES string of the molecule is COC(=O)c1cccc(C(=O)Nc2cc(=O)[nH]c(C)n2)c1. The summed E-state index contributed by atoms with van der Waals surface area (Å²) in [5.74, 6) is -0.473. The second kappa shape index (κ2) is 6.00. The lowest BCUT2D eigenvalue weighted by atomic mass is 10.1. The molecule has 2 aromatic rings. The van der Waals surface area contributed by atoms with E-state index in [9.17, 15) is 14.4 Å². The molecule has 1 amide bonds. The molecule has 2 N–H and O–H groups in total. The fraction of sp³-hybridized carbons (Fsp3) is 0.143. The first-order valence-corrected chi connectivity index (χ1v) is 6.07. The Labute approximate surface area is 120 Å². The number of hydrogen-bond donors (Lipinski definition) is 2. The van der Waals surface area contributed by atoms with Gasteiger partial charge in [-0.15, -0.1) is 0 Å². The van der Waals surface area contributed by atoms with Crippen molar-refractivity contribution in [3.05, 3.63) is 57.6 Å². The number of benzene rings is 1. The summed E-state index contributed by atoms with van der Waals surface area (Å²) in [7, 11) is 1.26. The van der Waals surface area contributed by atoms with Crippen molar-refractivity contribution < 1.29 is 14.3 Å². The van der Waals surface area contributed by atoms with Gasteiger partial charge in [-0.3, -0.25) is 9.59 Å². The monoisotopic (exact) mass is 287 g/mol. The first kappa shape index (κ1) is 14.4. The number of hydrogen-bond acceptors (Lipinski definition) is 5. The Hall–Kier alpha value is -2.96. The molecule has 108 valence electrons. The molecule has 0 saturated heterocycles. The Kier molecular flexibility index (Phi) is 4.13. The smallest absolute Gasteiger partial charge is 0.337 e. The van der Waals surface area contributed by atoms with E-state index >= 15 is 0 Å². The van der Waals surface area contributed by atoms with Crippen LogP contribution in [0.3, 0.4) is 0 Å². The number of amides is 1. The molecule has 1 aromatic carbocycles. The first-order valence-electron chi connectivity index (χ1n) is 6.07. The normalized spacial score (nSPS) is 10.0. The van der Waals surface area contributed by atoms with E-state index in [1.807, 2.05) is 0 Å². The Morgan fingerprint density at radius 2 is 1.95 bits per heavy atom. The lowest BCUT2D eigenvalue weighted by molar-refractivity contribution is 0.0600. The molecule has 0 radical (unpaired) electrons. The van der Waals surface area contributed by atoms with Gasteiger partial charge in [0.2, 0.25) is 0 Å². The molecule has 2 rings (SSSR count). The molecule has 21 heavy (non-hydrogen) atoms. The average Bonchev–Trinajstić information content (AvgIpc) is 2.45. The molecule has 7 heteroatoms. The van der Waals surface area contributed by atoms with E-state index < -0.39 is 11.9 Å². The number of aromatic nitrogens is 2. The van der Waals surface area contributed by atoms with Crippen LogP contribution in [-0.2, 0) is 4.74 Å². The number of aromatic amines is 1. The van der Waals surface area contributed by atoms with Crippen LogP contribution in [0, 0.1) is 6.92 Å². The fourth-order valence-electron chi connectivity index (χ4n) is 1.74. The lowest BCUT2D eigenvalue weighted by Crippen LogP contribution is -2.17. The van der Waals surface area contributed by atoms with E-state index in [0.29, 0.717) is 5.82 Å². The standard InChI is InChI=1S/C14H13N3O4/c1-8-15-11(7-12(18)16-8)17-13(19)9-4-3-5-10(6-9)14(20)21-2/h3-7H,1-2H3,(H2,15,16,17,18,19). The van der Waals surface area contributed by atoms with Crippen molar-refractivity contribution in [3.63, 3.8) is 0 Å². The number of aryl methyl sites for hydroxylation is 1. The Morgan fingerprint density at radius 1 is 1.24 bits per heavy atom. The third-order valence-electron chi connectivity index (χ3n) is 2.65. The molecule has 1 aromatic heterocycles. The van der Waals surface area contributed by atoms with Gasteiger partial charge in [0.25, 0.3) is 11.5 Å². The van der Waals surface area contributed by atoms with E-state index in [1.54, 1.807) is 19.1 Å². The van der Waals surface area contributed by atoms with Gasteiger partial charge in [0.05, 0.1) is 12.7 Å². The molecule has 7 nitrogen and oxygen atoms in total. The summed E-state index contributed by atoms with van der Waals surface area (Å²) in [5.41, 5.74) is 0.166. The first-order chi connectivity index (χ1) is 9.99. The van der Waals surface area contributed by atoms with Crippen LogP contribution in [0.25, 0.3) is 0 Å². The highest BCUT2D eigenvalue weighted by Gasteiger charge is 2.11. The van der Waals surface area contributed by atoms with Gasteiger partial charge in [-0.05, 0) is 25.1 Å². The molecule has 0 spiro atoms. The molecule has 0 saturated carbocycles. The highest BCUT2D eigenvalue weighted by atomic mass is 16.5. The predicted molar refractivity (Wildman–Crippen MR) is 75.3 cm³/mol. The highest BCUT2D eigenvalue weighted by Crippen LogP contribution is 2.09. The molecule has 0 bridgehead atoms. The quantitative estimate of drug-likeness (QED) is 0.824. The Bertz CT molecular complexity index is 752. The second-order valence-electron chi connectivity index (χ2n) is 4.24. The molecule has 0 aliphatic carbocycles. The van der Waals surface area contributed by atoms with Gasteiger partial charge in [-0.25, -0.2) is 9.78 Å². The third kappa shape index (κ3) is 3.53. The zero-order valence-electron chi connectivity index (χ0n) is 11.5. The topological polar surface area (TPSA) is 101 Å². The maximum Gasteiger partial charge on any atom is 0.337 e. The minimum absolute atomic E-state index is 0.143. The summed E-state index contributed by atoms with van der Waals surface area (Å²) in [6, 6.07) is 7.23. The summed E-state index contributed by atoms with van der Waals surface area (Å²) in [6.07, 6.45) is 0. The van der Waals surface area contributed by atoms with Crippen molar-refractivity contribution in [2.24, 2.45) is 0 Å². The van der Waals surface area contributed by atoms with Crippen LogP contribution in [0.5, 0.6) is 0 Å². The zero-order chi connectivity index (χ0) is 15.4. The number of carbonyl (C=O) groups is 2. The van der Waals surface area contributed by atoms with Crippen LogP contribution in [0.15, 0.2) is 35.1 Å². The van der Waals surface area contributed by atoms with Gasteiger partial charge < -0.3 is 15.0 Å². The van der Waals surface area contributed by atoms with Gasteiger partial charge in [-0.1, -0.05) is 6.07 Å². The minimum atomic E-state index is -0.533. The van der Waals surface area contributed by atoms with Gasteiger partial charge in [0.15, 0.2) is 0 Å². The molecule has 1 heterocycles. The van der Waals surface area contributed by atoms with Crippen LogP contribution in [-0.4, -0.2) is 29.0 Å². The molecule has 0 atom stereocenters. The zero-order valence-corrected chi connectivity index (χ0v) is 11.5. The average molecular weight is 287 g/mol. The van der Waals surface area contributed by atoms with E-state index in [2.05, 4.69) is 20.0 Å². The second-order valence-corrected chi connectivity index (χ2v) is 4.24. The summed E-state index contributed by atoms with van der Waals surface area (Å²) in [5, 5.41) is 2.50. The summed E-state index contributed by atoms with van der Waals surface area (Å²) < 4.78 is 4.59. The molecule has 0 aliphatic heterocycles. The van der Waals surface area contributed by atoms with Crippen LogP contribution >= 0.6 is 0 Å². The van der Waals surface area contributed by atoms with E-state index in [1.165, 1.54) is 25.3 Å². The Morgan fingerprint density at radius 3 is 2.62 bits per heavy atom. The van der Waals surface area contributed by atoms with Crippen molar-refractivity contribution in [3.8, 4) is 0 Å². The Balaban J connectivity index is 2.24. The third-order valence-corrected chi connectivity index (χ3v) is 2.65. The maximum atomic E-state index is 12.1. The van der Waals surface area contributed by atoms with Gasteiger partial charge in [0.1, 0.15) is 11.6 Å². The molecule has 0 unspecified atom stereocenters. The van der Waals surface area contributed by atoms with Crippen molar-refractivity contribution in [2.75, 3.05) is 12.4 Å². The number of esters is 1. The van der Waals surface area contributed by atoms with E-state index in [-0.39, 0.29) is 22.5 Å². The fourth-order valence-corrected chi connectivity index (χ4v) is 1.74. The lowest BCUT2D eigenvalue weighted by Gasteiger charge is -2.06. The van der Waals surface area contributed by atoms with Gasteiger partial charge in [0, 0.05) is 11.6 Å². The molecular formula is C14H13N3O4. The van der Waals surface area contributed by atoms with Crippen LogP contribution in [0.4, 0.5) is 5.82 Å². The number of ether oxygens (including phenoxy) is 1. The van der Waals surface area contributed by atoms with Crippen LogP contribution < -0.4 is 10.9 Å². The summed E-state index contributed by atoms with van der Waals surface area (Å²) >= 11 is 0. The number of nitrogens with zero attached hydrogens (tertiary/aromatic N) is 1. The van der Waals surface area contributed by atoms with Crippen molar-refractivity contribution in [1.82, 2.24) is 9.97 Å². The summed E-state index contributed by atoms with van der Waals surface area (Å²) in [4.78, 5) is 41.3. The van der Waals surface area contributed by atoms with Crippen LogP contribution in [0.1, 0.15) is 26.5 Å². The number of methoxy groups -OCH3 is 1. The van der Waals surface area contributed by atoms with Crippen molar-refractivity contribution in [1.29, 1.82) is 0 Å². The predicted octanol–water partition coefficient (Wildman–Crippen LogP) is 1.12. The number of H-pyrrole nitrogens is 1.